The summed E-state index contributed by atoms with van der Waals surface area (Å²) < 4.78 is 5.19. The van der Waals surface area contributed by atoms with Gasteiger partial charge < -0.3 is 10.1 Å². The van der Waals surface area contributed by atoms with Gasteiger partial charge in [0.25, 0.3) is 5.91 Å². The van der Waals surface area contributed by atoms with Crippen LogP contribution in [0.2, 0.25) is 0 Å². The molecule has 0 fully saturated rings. The average molecular weight is 419 g/mol. The van der Waals surface area contributed by atoms with Crippen LogP contribution in [-0.2, 0) is 33.6 Å². The standard InChI is InChI=1S/C24H22N2O3S/c1-15-9-10-19-20(13-25)24(30-21(19)11-15)26-22(27)14-29-23(28)12-17-7-4-6-16-5-2-3-8-18(16)17/h2-8,15H,9-12,14H2,1H3,(H,26,27)/t15-/m0/s1. The van der Waals surface area contributed by atoms with E-state index in [1.54, 1.807) is 0 Å². The van der Waals surface area contributed by atoms with E-state index in [4.69, 9.17) is 4.74 Å². The van der Waals surface area contributed by atoms with Crippen molar-refractivity contribution in [1.82, 2.24) is 0 Å². The van der Waals surface area contributed by atoms with Crippen molar-refractivity contribution < 1.29 is 14.3 Å². The number of nitriles is 1. The van der Waals surface area contributed by atoms with Gasteiger partial charge in [0.1, 0.15) is 11.1 Å². The number of nitrogens with one attached hydrogen (secondary N) is 1. The summed E-state index contributed by atoms with van der Waals surface area (Å²) >= 11 is 1.46. The van der Waals surface area contributed by atoms with Gasteiger partial charge in [-0.05, 0) is 47.1 Å². The largest absolute Gasteiger partial charge is 0.455 e. The van der Waals surface area contributed by atoms with E-state index in [1.807, 2.05) is 42.5 Å². The fraction of sp³-hybridized carbons (Fsp3) is 0.292. The van der Waals surface area contributed by atoms with Crippen LogP contribution >= 0.6 is 11.3 Å². The monoisotopic (exact) mass is 418 g/mol. The average Bonchev–Trinajstić information content (AvgIpc) is 3.08. The molecule has 1 amide bonds. The smallest absolute Gasteiger partial charge is 0.310 e. The third-order valence-corrected chi connectivity index (χ3v) is 6.63. The Bertz CT molecular complexity index is 1150. The number of amides is 1. The lowest BCUT2D eigenvalue weighted by Crippen LogP contribution is -2.21. The first kappa shape index (κ1) is 20.1. The van der Waals surface area contributed by atoms with E-state index in [9.17, 15) is 14.9 Å². The van der Waals surface area contributed by atoms with Crippen LogP contribution in [0.5, 0.6) is 0 Å². The molecule has 4 rings (SSSR count). The first-order chi connectivity index (χ1) is 14.5. The molecule has 3 aromatic rings. The van der Waals surface area contributed by atoms with E-state index in [0.29, 0.717) is 16.5 Å². The van der Waals surface area contributed by atoms with Crippen LogP contribution in [0, 0.1) is 17.2 Å². The van der Waals surface area contributed by atoms with Gasteiger partial charge in [-0.15, -0.1) is 11.3 Å². The number of carbonyl (C=O) groups is 2. The van der Waals surface area contributed by atoms with E-state index < -0.39 is 11.9 Å². The molecule has 0 bridgehead atoms. The zero-order valence-corrected chi connectivity index (χ0v) is 17.6. The van der Waals surface area contributed by atoms with Crippen LogP contribution in [0.1, 0.15) is 34.9 Å². The Morgan fingerprint density at radius 2 is 2.03 bits per heavy atom. The van der Waals surface area contributed by atoms with Crippen molar-refractivity contribution in [2.75, 3.05) is 11.9 Å². The molecule has 1 heterocycles. The summed E-state index contributed by atoms with van der Waals surface area (Å²) in [4.78, 5) is 25.8. The highest BCUT2D eigenvalue weighted by molar-refractivity contribution is 7.16. The van der Waals surface area contributed by atoms with Crippen LogP contribution in [0.25, 0.3) is 10.8 Å². The van der Waals surface area contributed by atoms with E-state index in [1.165, 1.54) is 16.2 Å². The molecule has 0 unspecified atom stereocenters. The van der Waals surface area contributed by atoms with Crippen LogP contribution in [0.15, 0.2) is 42.5 Å². The predicted octanol–water partition coefficient (Wildman–Crippen LogP) is 4.62. The third kappa shape index (κ3) is 4.22. The van der Waals surface area contributed by atoms with Crippen molar-refractivity contribution in [3.63, 3.8) is 0 Å². The van der Waals surface area contributed by atoms with Gasteiger partial charge in [-0.25, -0.2) is 0 Å². The van der Waals surface area contributed by atoms with Gasteiger partial charge in [-0.2, -0.15) is 5.26 Å². The number of benzene rings is 2. The van der Waals surface area contributed by atoms with Gasteiger partial charge in [0.2, 0.25) is 0 Å². The van der Waals surface area contributed by atoms with Crippen LogP contribution in [0.3, 0.4) is 0 Å². The predicted molar refractivity (Wildman–Crippen MR) is 117 cm³/mol. The third-order valence-electron chi connectivity index (χ3n) is 5.46. The Kier molecular flexibility index (Phi) is 5.82. The second kappa shape index (κ2) is 8.68. The SMILES string of the molecule is C[C@H]1CCc2c(sc(NC(=O)COC(=O)Cc3cccc4ccccc34)c2C#N)C1. The Hall–Kier alpha value is -3.17. The summed E-state index contributed by atoms with van der Waals surface area (Å²) in [5, 5.41) is 14.9. The Morgan fingerprint density at radius 3 is 2.87 bits per heavy atom. The van der Waals surface area contributed by atoms with Gasteiger partial charge in [0.15, 0.2) is 6.61 Å². The summed E-state index contributed by atoms with van der Waals surface area (Å²) in [6.07, 6.45) is 2.96. The van der Waals surface area contributed by atoms with Crippen LogP contribution in [0.4, 0.5) is 5.00 Å². The lowest BCUT2D eigenvalue weighted by Gasteiger charge is -2.17. The Morgan fingerprint density at radius 1 is 1.23 bits per heavy atom. The molecule has 1 aliphatic rings. The zero-order chi connectivity index (χ0) is 21.1. The highest BCUT2D eigenvalue weighted by Gasteiger charge is 2.24. The maximum absolute atomic E-state index is 12.3. The van der Waals surface area contributed by atoms with E-state index in [0.717, 1.165) is 41.2 Å². The molecule has 0 spiro atoms. The second-order valence-electron chi connectivity index (χ2n) is 7.69. The zero-order valence-electron chi connectivity index (χ0n) is 16.7. The van der Waals surface area contributed by atoms with Crippen molar-refractivity contribution in [1.29, 1.82) is 5.26 Å². The fourth-order valence-electron chi connectivity index (χ4n) is 3.92. The van der Waals surface area contributed by atoms with Crippen molar-refractivity contribution >= 4 is 39.0 Å². The molecule has 0 aliphatic heterocycles. The summed E-state index contributed by atoms with van der Waals surface area (Å²) in [6, 6.07) is 15.8. The molecule has 2 aromatic carbocycles. The number of fused-ring (bicyclic) bond motifs is 2. The van der Waals surface area contributed by atoms with Gasteiger partial charge in [0, 0.05) is 4.88 Å². The first-order valence-electron chi connectivity index (χ1n) is 10.0. The molecule has 30 heavy (non-hydrogen) atoms. The van der Waals surface area contributed by atoms with E-state index in [2.05, 4.69) is 18.3 Å². The molecule has 5 nitrogen and oxygen atoms in total. The molecule has 1 N–H and O–H groups in total. The van der Waals surface area contributed by atoms with E-state index in [-0.39, 0.29) is 13.0 Å². The molecule has 1 aromatic heterocycles. The van der Waals surface area contributed by atoms with Gasteiger partial charge in [-0.3, -0.25) is 9.59 Å². The number of carbonyl (C=O) groups excluding carboxylic acids is 2. The Labute approximate surface area is 179 Å². The first-order valence-corrected chi connectivity index (χ1v) is 10.8. The van der Waals surface area contributed by atoms with Crippen LogP contribution in [-0.4, -0.2) is 18.5 Å². The minimum Gasteiger partial charge on any atom is -0.455 e. The van der Waals surface area contributed by atoms with Gasteiger partial charge in [-0.1, -0.05) is 49.4 Å². The molecule has 6 heteroatoms. The number of rotatable bonds is 5. The van der Waals surface area contributed by atoms with E-state index >= 15 is 0 Å². The number of ether oxygens (including phenoxy) is 1. The number of esters is 1. The summed E-state index contributed by atoms with van der Waals surface area (Å²) in [6.45, 7) is 1.83. The molecule has 152 valence electrons. The highest BCUT2D eigenvalue weighted by atomic mass is 32.1. The Balaban J connectivity index is 1.37. The molecule has 0 saturated heterocycles. The minimum atomic E-state index is -0.457. The molecule has 1 atom stereocenters. The van der Waals surface area contributed by atoms with Crippen molar-refractivity contribution in [2.24, 2.45) is 5.92 Å². The molecule has 0 saturated carbocycles. The summed E-state index contributed by atoms with van der Waals surface area (Å²) in [5.74, 6) is -0.299. The van der Waals surface area contributed by atoms with Crippen molar-refractivity contribution in [3.8, 4) is 6.07 Å². The lowest BCUT2D eigenvalue weighted by atomic mass is 9.89. The topological polar surface area (TPSA) is 79.2 Å². The lowest BCUT2D eigenvalue weighted by molar-refractivity contribution is -0.146. The second-order valence-corrected chi connectivity index (χ2v) is 8.80. The maximum atomic E-state index is 12.3. The fourth-order valence-corrected chi connectivity index (χ4v) is 5.30. The molecule has 1 aliphatic carbocycles. The molecular formula is C24H22N2O3S. The number of thiophene rings is 1. The quantitative estimate of drug-likeness (QED) is 0.613. The summed E-state index contributed by atoms with van der Waals surface area (Å²) in [5.41, 5.74) is 2.48. The maximum Gasteiger partial charge on any atom is 0.310 e. The van der Waals surface area contributed by atoms with Gasteiger partial charge in [0.05, 0.1) is 12.0 Å². The molecular weight excluding hydrogens is 396 g/mol. The number of anilines is 1. The van der Waals surface area contributed by atoms with Gasteiger partial charge >= 0.3 is 5.97 Å². The minimum absolute atomic E-state index is 0.100. The summed E-state index contributed by atoms with van der Waals surface area (Å²) in [7, 11) is 0. The number of hydrogen-bond donors (Lipinski definition) is 1. The normalized spacial score (nSPS) is 15.3. The molecule has 0 radical (unpaired) electrons. The van der Waals surface area contributed by atoms with Crippen molar-refractivity contribution in [3.05, 3.63) is 64.0 Å². The van der Waals surface area contributed by atoms with Crippen molar-refractivity contribution in [2.45, 2.75) is 32.6 Å². The highest BCUT2D eigenvalue weighted by Crippen LogP contribution is 2.39. The van der Waals surface area contributed by atoms with Crippen LogP contribution < -0.4 is 5.32 Å². The number of hydrogen-bond acceptors (Lipinski definition) is 5. The number of nitrogens with zero attached hydrogens (tertiary/aromatic N) is 1.